The van der Waals surface area contributed by atoms with Gasteiger partial charge in [-0.3, -0.25) is 0 Å². The molecule has 0 bridgehead atoms. The van der Waals surface area contributed by atoms with Gasteiger partial charge in [0, 0.05) is 17.0 Å². The Balaban J connectivity index is 1.79. The van der Waals surface area contributed by atoms with E-state index in [-0.39, 0.29) is 0 Å². The van der Waals surface area contributed by atoms with E-state index in [0.717, 1.165) is 32.9 Å². The summed E-state index contributed by atoms with van der Waals surface area (Å²) < 4.78 is 5.13. The third-order valence-electron chi connectivity index (χ3n) is 4.13. The third-order valence-corrected chi connectivity index (χ3v) is 5.02. The molecule has 0 aliphatic heterocycles. The lowest BCUT2D eigenvalue weighted by atomic mass is 9.99. The number of aryl methyl sites for hydroxylation is 1. The lowest BCUT2D eigenvalue weighted by Gasteiger charge is -2.08. The Kier molecular flexibility index (Phi) is 3.97. The number of nitrogens with one attached hydrogen (secondary N) is 1. The van der Waals surface area contributed by atoms with E-state index >= 15 is 0 Å². The van der Waals surface area contributed by atoms with E-state index < -0.39 is 0 Å². The summed E-state index contributed by atoms with van der Waals surface area (Å²) in [6.07, 6.45) is 1.57. The van der Waals surface area contributed by atoms with Gasteiger partial charge < -0.3 is 9.84 Å². The topological polar surface area (TPSA) is 63.8 Å². The van der Waals surface area contributed by atoms with Crippen LogP contribution >= 0.6 is 11.3 Å². The number of thiophene rings is 1. The van der Waals surface area contributed by atoms with E-state index in [2.05, 4.69) is 63.9 Å². The summed E-state index contributed by atoms with van der Waals surface area (Å²) in [5.74, 6) is 2.65. The minimum absolute atomic E-state index is 0.518. The first-order valence-corrected chi connectivity index (χ1v) is 9.02. The molecule has 1 aromatic carbocycles. The van der Waals surface area contributed by atoms with Crippen LogP contribution in [0.4, 0.5) is 11.6 Å². The van der Waals surface area contributed by atoms with Crippen molar-refractivity contribution in [2.75, 3.05) is 5.32 Å². The second-order valence-electron chi connectivity index (χ2n) is 6.28. The SMILES string of the molecule is Cc1cc(Nc2ncnc3scc(-c4ccc(C(C)C)cc4)c23)no1. The van der Waals surface area contributed by atoms with Gasteiger partial charge in [-0.05, 0) is 24.0 Å². The molecular weight excluding hydrogens is 332 g/mol. The van der Waals surface area contributed by atoms with Crippen LogP contribution in [0.2, 0.25) is 0 Å². The summed E-state index contributed by atoms with van der Waals surface area (Å²) >= 11 is 1.61. The van der Waals surface area contributed by atoms with Crippen LogP contribution in [0.15, 0.2) is 46.6 Å². The van der Waals surface area contributed by atoms with Gasteiger partial charge in [-0.2, -0.15) is 0 Å². The standard InChI is InChI=1S/C19H18N4OS/c1-11(2)13-4-6-14(7-5-13)15-9-25-19-17(15)18(20-10-21-19)22-16-8-12(3)24-23-16/h4-11H,1-3H3,(H,20,21,22,23). The summed E-state index contributed by atoms with van der Waals surface area (Å²) in [6.45, 7) is 6.26. The van der Waals surface area contributed by atoms with Gasteiger partial charge >= 0.3 is 0 Å². The number of hydrogen-bond donors (Lipinski definition) is 1. The van der Waals surface area contributed by atoms with E-state index in [1.54, 1.807) is 17.7 Å². The van der Waals surface area contributed by atoms with Crippen molar-refractivity contribution in [1.29, 1.82) is 0 Å². The molecule has 5 nitrogen and oxygen atoms in total. The number of hydrogen-bond acceptors (Lipinski definition) is 6. The van der Waals surface area contributed by atoms with Crippen LogP contribution in [0.1, 0.15) is 31.1 Å². The molecule has 3 aromatic heterocycles. The van der Waals surface area contributed by atoms with E-state index in [1.807, 2.05) is 13.0 Å². The molecule has 0 saturated carbocycles. The highest BCUT2D eigenvalue weighted by Gasteiger charge is 2.14. The van der Waals surface area contributed by atoms with E-state index in [0.29, 0.717) is 11.7 Å². The van der Waals surface area contributed by atoms with Crippen molar-refractivity contribution >= 4 is 33.2 Å². The molecule has 0 unspecified atom stereocenters. The Bertz CT molecular complexity index is 1020. The van der Waals surface area contributed by atoms with E-state index in [9.17, 15) is 0 Å². The molecule has 0 amide bonds. The molecular formula is C19H18N4OS. The number of benzene rings is 1. The van der Waals surface area contributed by atoms with Gasteiger partial charge in [-0.1, -0.05) is 43.3 Å². The summed E-state index contributed by atoms with van der Waals surface area (Å²) in [5.41, 5.74) is 3.61. The van der Waals surface area contributed by atoms with Crippen molar-refractivity contribution in [3.05, 3.63) is 53.4 Å². The zero-order valence-electron chi connectivity index (χ0n) is 14.3. The van der Waals surface area contributed by atoms with Crippen LogP contribution < -0.4 is 5.32 Å². The second kappa shape index (κ2) is 6.29. The van der Waals surface area contributed by atoms with Gasteiger partial charge in [0.05, 0.1) is 5.39 Å². The van der Waals surface area contributed by atoms with Gasteiger partial charge in [-0.25, -0.2) is 9.97 Å². The predicted octanol–water partition coefficient (Wildman–Crippen LogP) is 5.52. The van der Waals surface area contributed by atoms with Crippen molar-refractivity contribution in [2.45, 2.75) is 26.7 Å². The van der Waals surface area contributed by atoms with Crippen LogP contribution in [-0.2, 0) is 0 Å². The number of nitrogens with zero attached hydrogens (tertiary/aromatic N) is 3. The summed E-state index contributed by atoms with van der Waals surface area (Å²) in [6, 6.07) is 10.5. The Morgan fingerprint density at radius 3 is 2.60 bits per heavy atom. The molecule has 4 rings (SSSR count). The minimum atomic E-state index is 0.518. The second-order valence-corrected chi connectivity index (χ2v) is 7.13. The highest BCUT2D eigenvalue weighted by Crippen LogP contribution is 2.37. The smallest absolute Gasteiger partial charge is 0.175 e. The number of fused-ring (bicyclic) bond motifs is 1. The van der Waals surface area contributed by atoms with Gasteiger partial charge in [0.25, 0.3) is 0 Å². The molecule has 0 atom stereocenters. The Hall–Kier alpha value is -2.73. The molecule has 25 heavy (non-hydrogen) atoms. The predicted molar refractivity (Wildman–Crippen MR) is 101 cm³/mol. The van der Waals surface area contributed by atoms with Crippen molar-refractivity contribution < 1.29 is 4.52 Å². The maximum atomic E-state index is 5.13. The van der Waals surface area contributed by atoms with Gasteiger partial charge in [0.15, 0.2) is 5.82 Å². The van der Waals surface area contributed by atoms with E-state index in [4.69, 9.17) is 4.52 Å². The maximum Gasteiger partial charge on any atom is 0.175 e. The van der Waals surface area contributed by atoms with Gasteiger partial charge in [0.2, 0.25) is 0 Å². The van der Waals surface area contributed by atoms with Crippen molar-refractivity contribution in [3.63, 3.8) is 0 Å². The van der Waals surface area contributed by atoms with Crippen molar-refractivity contribution in [1.82, 2.24) is 15.1 Å². The first-order valence-electron chi connectivity index (χ1n) is 8.14. The monoisotopic (exact) mass is 350 g/mol. The lowest BCUT2D eigenvalue weighted by molar-refractivity contribution is 0.400. The average molecular weight is 350 g/mol. The summed E-state index contributed by atoms with van der Waals surface area (Å²) in [4.78, 5) is 9.77. The van der Waals surface area contributed by atoms with Crippen LogP contribution in [0, 0.1) is 6.92 Å². The minimum Gasteiger partial charge on any atom is -0.360 e. The number of anilines is 2. The molecule has 0 spiro atoms. The molecule has 3 heterocycles. The first-order chi connectivity index (χ1) is 12.1. The number of aromatic nitrogens is 3. The van der Waals surface area contributed by atoms with E-state index in [1.165, 1.54) is 5.56 Å². The normalized spacial score (nSPS) is 11.4. The Morgan fingerprint density at radius 2 is 1.92 bits per heavy atom. The zero-order valence-corrected chi connectivity index (χ0v) is 15.1. The van der Waals surface area contributed by atoms with Crippen LogP contribution in [-0.4, -0.2) is 15.1 Å². The molecule has 0 aliphatic carbocycles. The lowest BCUT2D eigenvalue weighted by Crippen LogP contribution is -1.95. The molecule has 1 N–H and O–H groups in total. The zero-order chi connectivity index (χ0) is 17.4. The molecule has 6 heteroatoms. The maximum absolute atomic E-state index is 5.13. The highest BCUT2D eigenvalue weighted by molar-refractivity contribution is 7.17. The third kappa shape index (κ3) is 3.00. The highest BCUT2D eigenvalue weighted by atomic mass is 32.1. The molecule has 126 valence electrons. The molecule has 0 aliphatic rings. The Morgan fingerprint density at radius 1 is 1.12 bits per heavy atom. The fourth-order valence-electron chi connectivity index (χ4n) is 2.78. The largest absolute Gasteiger partial charge is 0.360 e. The van der Waals surface area contributed by atoms with Crippen molar-refractivity contribution in [2.24, 2.45) is 0 Å². The average Bonchev–Trinajstić information content (AvgIpc) is 3.22. The van der Waals surface area contributed by atoms with Crippen LogP contribution in [0.3, 0.4) is 0 Å². The van der Waals surface area contributed by atoms with Gasteiger partial charge in [-0.15, -0.1) is 11.3 Å². The Labute approximate surface area is 149 Å². The molecule has 0 radical (unpaired) electrons. The quantitative estimate of drug-likeness (QED) is 0.525. The fraction of sp³-hybridized carbons (Fsp3) is 0.211. The molecule has 4 aromatic rings. The fourth-order valence-corrected chi connectivity index (χ4v) is 3.69. The van der Waals surface area contributed by atoms with Crippen LogP contribution in [0.5, 0.6) is 0 Å². The van der Waals surface area contributed by atoms with Crippen molar-refractivity contribution in [3.8, 4) is 11.1 Å². The summed E-state index contributed by atoms with van der Waals surface area (Å²) in [5, 5.41) is 10.4. The summed E-state index contributed by atoms with van der Waals surface area (Å²) in [7, 11) is 0. The van der Waals surface area contributed by atoms with Gasteiger partial charge in [0.1, 0.15) is 22.7 Å². The molecule has 0 saturated heterocycles. The molecule has 0 fully saturated rings. The number of rotatable bonds is 4. The first kappa shape index (κ1) is 15.8. The van der Waals surface area contributed by atoms with Crippen LogP contribution in [0.25, 0.3) is 21.3 Å².